The Morgan fingerprint density at radius 1 is 1.33 bits per heavy atom. The van der Waals surface area contributed by atoms with Gasteiger partial charge in [-0.15, -0.1) is 0 Å². The van der Waals surface area contributed by atoms with Gasteiger partial charge in [-0.3, -0.25) is 0 Å². The van der Waals surface area contributed by atoms with Crippen molar-refractivity contribution < 1.29 is 9.47 Å². The summed E-state index contributed by atoms with van der Waals surface area (Å²) in [7, 11) is 0. The highest BCUT2D eigenvalue weighted by Crippen LogP contribution is 2.04. The molecule has 0 atom stereocenters. The number of hydrogen-bond donors (Lipinski definition) is 1. The molecule has 0 bridgehead atoms. The van der Waals surface area contributed by atoms with Gasteiger partial charge in [-0.1, -0.05) is 0 Å². The molecule has 0 saturated heterocycles. The van der Waals surface area contributed by atoms with Crippen LogP contribution in [0.5, 0.6) is 0 Å². The number of rotatable bonds is 6. The van der Waals surface area contributed by atoms with Crippen LogP contribution in [0.4, 0.5) is 5.82 Å². The molecule has 5 heteroatoms. The van der Waals surface area contributed by atoms with Crippen LogP contribution in [0, 0.1) is 0 Å². The second-order valence-corrected chi connectivity index (χ2v) is 2.94. The molecule has 1 rings (SSSR count). The Hall–Kier alpha value is -1.20. The minimum atomic E-state index is -0.290. The van der Waals surface area contributed by atoms with Gasteiger partial charge in [-0.25, -0.2) is 9.97 Å². The van der Waals surface area contributed by atoms with E-state index in [1.807, 2.05) is 13.8 Å². The number of nitrogens with two attached hydrogens (primary N) is 1. The molecule has 0 aromatic carbocycles. The van der Waals surface area contributed by atoms with E-state index in [4.69, 9.17) is 15.2 Å². The zero-order valence-electron chi connectivity index (χ0n) is 9.14. The molecule has 1 aromatic rings. The second kappa shape index (κ2) is 6.31. The average Bonchev–Trinajstić information content (AvgIpc) is 2.18. The fourth-order valence-corrected chi connectivity index (χ4v) is 1.20. The lowest BCUT2D eigenvalue weighted by Crippen LogP contribution is -2.21. The zero-order chi connectivity index (χ0) is 11.1. The maximum atomic E-state index is 5.55. The van der Waals surface area contributed by atoms with E-state index in [0.29, 0.717) is 31.3 Å². The molecule has 0 amide bonds. The van der Waals surface area contributed by atoms with Crippen LogP contribution in [0.1, 0.15) is 19.7 Å². The predicted molar refractivity (Wildman–Crippen MR) is 57.2 cm³/mol. The van der Waals surface area contributed by atoms with Gasteiger partial charge in [-0.2, -0.15) is 0 Å². The van der Waals surface area contributed by atoms with Crippen molar-refractivity contribution in [3.63, 3.8) is 0 Å². The van der Waals surface area contributed by atoms with Crippen LogP contribution in [-0.2, 0) is 15.9 Å². The van der Waals surface area contributed by atoms with Crippen molar-refractivity contribution in [2.24, 2.45) is 0 Å². The van der Waals surface area contributed by atoms with Crippen molar-refractivity contribution in [3.05, 3.63) is 18.1 Å². The van der Waals surface area contributed by atoms with Crippen LogP contribution in [0.3, 0.4) is 0 Å². The lowest BCUT2D eigenvalue weighted by Gasteiger charge is -2.15. The van der Waals surface area contributed by atoms with E-state index in [2.05, 4.69) is 9.97 Å². The van der Waals surface area contributed by atoms with E-state index in [1.165, 1.54) is 0 Å². The number of nitrogens with zero attached hydrogens (tertiary/aromatic N) is 2. The number of hydrogen-bond acceptors (Lipinski definition) is 5. The lowest BCUT2D eigenvalue weighted by molar-refractivity contribution is -0.135. The first-order chi connectivity index (χ1) is 7.26. The van der Waals surface area contributed by atoms with E-state index >= 15 is 0 Å². The summed E-state index contributed by atoms with van der Waals surface area (Å²) in [4.78, 5) is 8.18. The topological polar surface area (TPSA) is 70.3 Å². The maximum absolute atomic E-state index is 5.55. The Bertz CT molecular complexity index is 288. The Kier molecular flexibility index (Phi) is 5.00. The Balaban J connectivity index is 2.56. The summed E-state index contributed by atoms with van der Waals surface area (Å²) in [6.45, 7) is 5.05. The first kappa shape index (κ1) is 11.9. The highest BCUT2D eigenvalue weighted by molar-refractivity contribution is 5.25. The van der Waals surface area contributed by atoms with Crippen molar-refractivity contribution >= 4 is 5.82 Å². The Morgan fingerprint density at radius 3 is 2.53 bits per heavy atom. The third kappa shape index (κ3) is 4.22. The minimum absolute atomic E-state index is 0.290. The molecule has 0 aliphatic carbocycles. The van der Waals surface area contributed by atoms with Gasteiger partial charge in [0.1, 0.15) is 11.6 Å². The summed E-state index contributed by atoms with van der Waals surface area (Å²) < 4.78 is 10.8. The maximum Gasteiger partial charge on any atom is 0.164 e. The van der Waals surface area contributed by atoms with Crippen LogP contribution >= 0.6 is 0 Å². The third-order valence-corrected chi connectivity index (χ3v) is 1.78. The van der Waals surface area contributed by atoms with Gasteiger partial charge < -0.3 is 15.2 Å². The Morgan fingerprint density at radius 2 is 2.00 bits per heavy atom. The molecular formula is C10H17N3O2. The molecule has 0 saturated carbocycles. The largest absolute Gasteiger partial charge is 0.384 e. The van der Waals surface area contributed by atoms with Crippen molar-refractivity contribution in [2.75, 3.05) is 18.9 Å². The molecular weight excluding hydrogens is 194 g/mol. The van der Waals surface area contributed by atoms with Gasteiger partial charge in [0, 0.05) is 19.4 Å². The van der Waals surface area contributed by atoms with Crippen LogP contribution < -0.4 is 5.73 Å². The smallest absolute Gasteiger partial charge is 0.164 e. The van der Waals surface area contributed by atoms with Gasteiger partial charge >= 0.3 is 0 Å². The average molecular weight is 211 g/mol. The van der Waals surface area contributed by atoms with Crippen molar-refractivity contribution in [3.8, 4) is 0 Å². The van der Waals surface area contributed by atoms with Crippen LogP contribution in [0.15, 0.2) is 12.3 Å². The number of anilines is 1. The summed E-state index contributed by atoms with van der Waals surface area (Å²) in [6, 6.07) is 1.65. The zero-order valence-corrected chi connectivity index (χ0v) is 9.14. The van der Waals surface area contributed by atoms with Crippen LogP contribution in [-0.4, -0.2) is 29.5 Å². The van der Waals surface area contributed by atoms with E-state index < -0.39 is 0 Å². The highest BCUT2D eigenvalue weighted by atomic mass is 16.7. The van der Waals surface area contributed by atoms with Gasteiger partial charge in [0.15, 0.2) is 6.29 Å². The molecule has 84 valence electrons. The first-order valence-electron chi connectivity index (χ1n) is 5.06. The van der Waals surface area contributed by atoms with E-state index in [0.717, 1.165) is 0 Å². The summed E-state index contributed by atoms with van der Waals surface area (Å²) in [6.07, 6.45) is 1.86. The molecule has 1 aromatic heterocycles. The first-order valence-corrected chi connectivity index (χ1v) is 5.06. The van der Waals surface area contributed by atoms with Gasteiger partial charge in [0.25, 0.3) is 0 Å². The highest BCUT2D eigenvalue weighted by Gasteiger charge is 2.10. The Labute approximate surface area is 89.6 Å². The van der Waals surface area contributed by atoms with Gasteiger partial charge in [0.05, 0.1) is 6.42 Å². The second-order valence-electron chi connectivity index (χ2n) is 2.94. The molecule has 0 spiro atoms. The van der Waals surface area contributed by atoms with Crippen molar-refractivity contribution in [1.29, 1.82) is 0 Å². The van der Waals surface area contributed by atoms with E-state index in [9.17, 15) is 0 Å². The summed E-state index contributed by atoms with van der Waals surface area (Å²) in [5.41, 5.74) is 5.55. The SMILES string of the molecule is CCOC(Cc1nccc(N)n1)OCC. The molecule has 0 fully saturated rings. The monoisotopic (exact) mass is 211 g/mol. The van der Waals surface area contributed by atoms with Gasteiger partial charge in [-0.05, 0) is 19.9 Å². The molecule has 0 aliphatic rings. The number of nitrogen functional groups attached to an aromatic ring is 1. The molecule has 5 nitrogen and oxygen atoms in total. The normalized spacial score (nSPS) is 10.9. The molecule has 0 aliphatic heterocycles. The van der Waals surface area contributed by atoms with Crippen LogP contribution in [0.25, 0.3) is 0 Å². The fourth-order valence-electron chi connectivity index (χ4n) is 1.20. The molecule has 1 heterocycles. The van der Waals surface area contributed by atoms with Gasteiger partial charge in [0.2, 0.25) is 0 Å². The lowest BCUT2D eigenvalue weighted by atomic mass is 10.3. The quantitative estimate of drug-likeness (QED) is 0.711. The fraction of sp³-hybridized carbons (Fsp3) is 0.600. The number of aromatic nitrogens is 2. The standard InChI is InChI=1S/C10H17N3O2/c1-3-14-10(15-4-2)7-9-12-6-5-8(11)13-9/h5-6,10H,3-4,7H2,1-2H3,(H2,11,12,13). The minimum Gasteiger partial charge on any atom is -0.384 e. The molecule has 2 N–H and O–H groups in total. The molecule has 15 heavy (non-hydrogen) atoms. The summed E-state index contributed by atoms with van der Waals surface area (Å²) in [5, 5.41) is 0. The number of ether oxygens (including phenoxy) is 2. The summed E-state index contributed by atoms with van der Waals surface area (Å²) >= 11 is 0. The molecule has 0 unspecified atom stereocenters. The van der Waals surface area contributed by atoms with Crippen LogP contribution in [0.2, 0.25) is 0 Å². The van der Waals surface area contributed by atoms with Crippen molar-refractivity contribution in [2.45, 2.75) is 26.6 Å². The summed E-state index contributed by atoms with van der Waals surface area (Å²) in [5.74, 6) is 1.11. The van der Waals surface area contributed by atoms with Crippen molar-refractivity contribution in [1.82, 2.24) is 9.97 Å². The molecule has 0 radical (unpaired) electrons. The van der Waals surface area contributed by atoms with E-state index in [1.54, 1.807) is 12.3 Å². The predicted octanol–water partition coefficient (Wildman–Crippen LogP) is 1.00. The van der Waals surface area contributed by atoms with E-state index in [-0.39, 0.29) is 6.29 Å². The third-order valence-electron chi connectivity index (χ3n) is 1.78.